The van der Waals surface area contributed by atoms with E-state index in [1.807, 2.05) is 6.07 Å². The standard InChI is InChI=1S/C19H19ClN4O5S/c20-15-3-1-2-4-16(15)30(27,28)13-9-12(14(10-13)19(26)22-8-7-21)11-29-18-6-5-17(25)23-24-18/h1-6,12-14H,8-11H2,(H,22,26)(H,23,25)/t12-,13-,14+/m0/s1. The Hall–Kier alpha value is -2.90. The molecule has 1 heterocycles. The Labute approximate surface area is 178 Å². The van der Waals surface area contributed by atoms with Crippen LogP contribution < -0.4 is 10.1 Å². The molecular weight excluding hydrogens is 432 g/mol. The van der Waals surface area contributed by atoms with Gasteiger partial charge < -0.3 is 15.2 Å². The average Bonchev–Trinajstić information content (AvgIpc) is 3.17. The highest BCUT2D eigenvalue weighted by atomic mass is 35.5. The molecule has 0 spiro atoms. The van der Waals surface area contributed by atoms with E-state index in [0.717, 1.165) is 0 Å². The van der Waals surface area contributed by atoms with Crippen molar-refractivity contribution in [2.75, 3.05) is 13.2 Å². The third-order valence-electron chi connectivity index (χ3n) is 4.98. The molecule has 1 aliphatic rings. The fourth-order valence-electron chi connectivity index (χ4n) is 3.53. The van der Waals surface area contributed by atoms with E-state index in [9.17, 15) is 18.3 Å². The zero-order valence-electron chi connectivity index (χ0n) is 15.7. The fourth-order valence-corrected chi connectivity index (χ4v) is 5.91. The molecule has 0 unspecified atom stereocenters. The van der Waals surface area contributed by atoms with Crippen molar-refractivity contribution in [1.29, 1.82) is 5.26 Å². The summed E-state index contributed by atoms with van der Waals surface area (Å²) in [6, 6.07) is 10.7. The molecule has 1 fully saturated rings. The Morgan fingerprint density at radius 2 is 2.03 bits per heavy atom. The van der Waals surface area contributed by atoms with E-state index in [1.54, 1.807) is 12.1 Å². The molecule has 0 radical (unpaired) electrons. The summed E-state index contributed by atoms with van der Waals surface area (Å²) < 4.78 is 31.8. The average molecular weight is 451 g/mol. The number of aromatic nitrogens is 2. The first-order valence-corrected chi connectivity index (χ1v) is 11.0. The fraction of sp³-hybridized carbons (Fsp3) is 0.368. The third kappa shape index (κ3) is 4.80. The number of aromatic hydroxyl groups is 1. The summed E-state index contributed by atoms with van der Waals surface area (Å²) in [6.07, 6.45) is 0.268. The molecule has 1 aromatic carbocycles. The largest absolute Gasteiger partial charge is 0.492 e. The summed E-state index contributed by atoms with van der Waals surface area (Å²) in [5.41, 5.74) is 0. The van der Waals surface area contributed by atoms with Crippen LogP contribution in [0.3, 0.4) is 0 Å². The number of rotatable bonds is 7. The van der Waals surface area contributed by atoms with Crippen LogP contribution in [0.15, 0.2) is 41.3 Å². The molecule has 1 amide bonds. The highest BCUT2D eigenvalue weighted by molar-refractivity contribution is 7.92. The zero-order chi connectivity index (χ0) is 21.7. The summed E-state index contributed by atoms with van der Waals surface area (Å²) >= 11 is 6.09. The number of hydrogen-bond acceptors (Lipinski definition) is 8. The van der Waals surface area contributed by atoms with Gasteiger partial charge in [0.15, 0.2) is 9.84 Å². The second-order valence-electron chi connectivity index (χ2n) is 6.85. The van der Waals surface area contributed by atoms with E-state index in [4.69, 9.17) is 21.6 Å². The van der Waals surface area contributed by atoms with Crippen molar-refractivity contribution in [3.8, 4) is 17.8 Å². The van der Waals surface area contributed by atoms with Gasteiger partial charge in [0, 0.05) is 24.0 Å². The lowest BCUT2D eigenvalue weighted by molar-refractivity contribution is -0.126. The van der Waals surface area contributed by atoms with Crippen LogP contribution in [0.5, 0.6) is 11.8 Å². The quantitative estimate of drug-likeness (QED) is 0.607. The first-order chi connectivity index (χ1) is 14.3. The Kier molecular flexibility index (Phi) is 6.74. The van der Waals surface area contributed by atoms with Crippen molar-refractivity contribution in [2.45, 2.75) is 23.0 Å². The molecule has 0 aliphatic heterocycles. The molecule has 0 bridgehead atoms. The maximum absolute atomic E-state index is 13.1. The summed E-state index contributed by atoms with van der Waals surface area (Å²) in [5, 5.41) is 26.9. The van der Waals surface area contributed by atoms with Crippen LogP contribution in [0.25, 0.3) is 0 Å². The Morgan fingerprint density at radius 3 is 2.70 bits per heavy atom. The number of ether oxygens (including phenoxy) is 1. The highest BCUT2D eigenvalue weighted by Crippen LogP contribution is 2.40. The van der Waals surface area contributed by atoms with Gasteiger partial charge in [-0.1, -0.05) is 23.7 Å². The molecule has 158 valence electrons. The van der Waals surface area contributed by atoms with Crippen molar-refractivity contribution >= 4 is 27.3 Å². The number of carbonyl (C=O) groups excluding carboxylic acids is 1. The molecular formula is C19H19ClN4O5S. The van der Waals surface area contributed by atoms with E-state index in [1.165, 1.54) is 24.3 Å². The normalized spacial score (nSPS) is 21.0. The van der Waals surface area contributed by atoms with Gasteiger partial charge in [-0.25, -0.2) is 8.42 Å². The van der Waals surface area contributed by atoms with Crippen LogP contribution in [0.2, 0.25) is 5.02 Å². The van der Waals surface area contributed by atoms with Gasteiger partial charge in [0.05, 0.1) is 27.8 Å². The molecule has 1 saturated carbocycles. The Bertz CT molecular complexity index is 1060. The monoisotopic (exact) mass is 450 g/mol. The molecule has 1 aliphatic carbocycles. The lowest BCUT2D eigenvalue weighted by Gasteiger charge is -2.18. The number of carbonyl (C=O) groups is 1. The van der Waals surface area contributed by atoms with Crippen LogP contribution >= 0.6 is 11.6 Å². The summed E-state index contributed by atoms with van der Waals surface area (Å²) in [7, 11) is -3.77. The molecule has 1 aromatic heterocycles. The van der Waals surface area contributed by atoms with Crippen LogP contribution in [0.4, 0.5) is 0 Å². The maximum Gasteiger partial charge on any atom is 0.233 e. The van der Waals surface area contributed by atoms with Gasteiger partial charge in [0.25, 0.3) is 0 Å². The number of sulfone groups is 1. The van der Waals surface area contributed by atoms with Gasteiger partial charge >= 0.3 is 0 Å². The van der Waals surface area contributed by atoms with Crippen molar-refractivity contribution in [3.63, 3.8) is 0 Å². The number of hydrogen-bond donors (Lipinski definition) is 2. The first kappa shape index (κ1) is 21.8. The molecule has 9 nitrogen and oxygen atoms in total. The lowest BCUT2D eigenvalue weighted by Crippen LogP contribution is -2.34. The van der Waals surface area contributed by atoms with Crippen molar-refractivity contribution in [1.82, 2.24) is 15.5 Å². The van der Waals surface area contributed by atoms with E-state index < -0.39 is 32.8 Å². The molecule has 0 saturated heterocycles. The van der Waals surface area contributed by atoms with Gasteiger partial charge in [-0.3, -0.25) is 4.79 Å². The smallest absolute Gasteiger partial charge is 0.233 e. The van der Waals surface area contributed by atoms with Crippen LogP contribution in [-0.4, -0.2) is 48.0 Å². The molecule has 3 rings (SSSR count). The van der Waals surface area contributed by atoms with Crippen molar-refractivity contribution < 1.29 is 23.1 Å². The van der Waals surface area contributed by atoms with Gasteiger partial charge in [-0.15, -0.1) is 10.2 Å². The van der Waals surface area contributed by atoms with Crippen molar-refractivity contribution in [2.24, 2.45) is 11.8 Å². The van der Waals surface area contributed by atoms with E-state index in [0.29, 0.717) is 0 Å². The van der Waals surface area contributed by atoms with Crippen LogP contribution in [0, 0.1) is 23.2 Å². The van der Waals surface area contributed by atoms with E-state index in [-0.39, 0.29) is 47.7 Å². The zero-order valence-corrected chi connectivity index (χ0v) is 17.3. The molecule has 30 heavy (non-hydrogen) atoms. The van der Waals surface area contributed by atoms with E-state index >= 15 is 0 Å². The van der Waals surface area contributed by atoms with Gasteiger partial charge in [-0.05, 0) is 25.0 Å². The molecule has 11 heteroatoms. The number of halogens is 1. The van der Waals surface area contributed by atoms with Crippen LogP contribution in [0.1, 0.15) is 12.8 Å². The SMILES string of the molecule is N#CCNC(=O)[C@@H]1C[C@@H](S(=O)(=O)c2ccccc2Cl)C[C@H]1COc1ccc(O)nn1. The molecule has 2 aromatic rings. The minimum absolute atomic E-state index is 0.0264. The lowest BCUT2D eigenvalue weighted by atomic mass is 9.96. The number of amides is 1. The predicted octanol–water partition coefficient (Wildman–Crippen LogP) is 1.72. The maximum atomic E-state index is 13.1. The third-order valence-corrected chi connectivity index (χ3v) is 7.66. The second-order valence-corrected chi connectivity index (χ2v) is 9.46. The number of benzene rings is 1. The minimum Gasteiger partial charge on any atom is -0.492 e. The second kappa shape index (κ2) is 9.28. The van der Waals surface area contributed by atoms with Gasteiger partial charge in [0.2, 0.25) is 17.7 Å². The number of nitrogens with one attached hydrogen (secondary N) is 1. The minimum atomic E-state index is -3.77. The molecule has 3 atom stereocenters. The van der Waals surface area contributed by atoms with Gasteiger partial charge in [-0.2, -0.15) is 5.26 Å². The summed E-state index contributed by atoms with van der Waals surface area (Å²) in [4.78, 5) is 12.6. The summed E-state index contributed by atoms with van der Waals surface area (Å²) in [6.45, 7) is -0.146. The number of nitrogens with zero attached hydrogens (tertiary/aromatic N) is 3. The molecule has 2 N–H and O–H groups in total. The predicted molar refractivity (Wildman–Crippen MR) is 106 cm³/mol. The summed E-state index contributed by atoms with van der Waals surface area (Å²) in [5.74, 6) is -1.62. The Balaban J connectivity index is 1.80. The topological polar surface area (TPSA) is 142 Å². The highest BCUT2D eigenvalue weighted by Gasteiger charge is 2.45. The van der Waals surface area contributed by atoms with Crippen molar-refractivity contribution in [3.05, 3.63) is 41.4 Å². The van der Waals surface area contributed by atoms with E-state index in [2.05, 4.69) is 15.5 Å². The van der Waals surface area contributed by atoms with Crippen LogP contribution in [-0.2, 0) is 14.6 Å². The first-order valence-electron chi connectivity index (χ1n) is 9.11. The number of nitriles is 1. The Morgan fingerprint density at radius 1 is 1.27 bits per heavy atom. The van der Waals surface area contributed by atoms with Gasteiger partial charge in [0.1, 0.15) is 6.54 Å².